The summed E-state index contributed by atoms with van der Waals surface area (Å²) in [5.74, 6) is 0.706. The topological polar surface area (TPSA) is 97.3 Å². The number of aryl methyl sites for hydroxylation is 1. The number of aromatic nitrogens is 3. The van der Waals surface area contributed by atoms with Crippen molar-refractivity contribution in [1.29, 1.82) is 0 Å². The smallest absolute Gasteiger partial charge is 0.246 e. The van der Waals surface area contributed by atoms with Crippen molar-refractivity contribution < 1.29 is 9.59 Å². The van der Waals surface area contributed by atoms with Gasteiger partial charge in [0.25, 0.3) is 0 Å². The first kappa shape index (κ1) is 21.4. The van der Waals surface area contributed by atoms with Gasteiger partial charge in [-0.2, -0.15) is 0 Å². The lowest BCUT2D eigenvalue weighted by Crippen LogP contribution is -2.34. The maximum absolute atomic E-state index is 12.9. The first-order valence-electron chi connectivity index (χ1n) is 11.7. The lowest BCUT2D eigenvalue weighted by atomic mass is 9.84. The van der Waals surface area contributed by atoms with Crippen LogP contribution in [0.15, 0.2) is 31.1 Å². The number of rotatable bonds is 4. The maximum Gasteiger partial charge on any atom is 0.246 e. The molecule has 172 valence electrons. The van der Waals surface area contributed by atoms with Crippen molar-refractivity contribution >= 4 is 39.8 Å². The third-order valence-corrected chi connectivity index (χ3v) is 7.21. The summed E-state index contributed by atoms with van der Waals surface area (Å²) in [5, 5.41) is 0.847. The van der Waals surface area contributed by atoms with Crippen LogP contribution in [-0.2, 0) is 16.6 Å². The SMILES string of the molecule is C=CC(=O)N1CC=C(c2c(C3=CC[C@@H](C(=O)N4CCCC4)CC3)c3c(N)ncnc3n2C)C1. The largest absolute Gasteiger partial charge is 0.383 e. The minimum absolute atomic E-state index is 0.0465. The summed E-state index contributed by atoms with van der Waals surface area (Å²) in [6, 6.07) is 0. The molecule has 0 saturated carbocycles. The first-order valence-corrected chi connectivity index (χ1v) is 11.7. The Kier molecular flexibility index (Phi) is 5.52. The van der Waals surface area contributed by atoms with Gasteiger partial charge in [0.1, 0.15) is 17.8 Å². The zero-order valence-electron chi connectivity index (χ0n) is 19.1. The Labute approximate surface area is 193 Å². The average molecular weight is 447 g/mol. The molecular formula is C25H30N6O2. The molecule has 8 heteroatoms. The third-order valence-electron chi connectivity index (χ3n) is 7.21. The molecule has 0 aromatic carbocycles. The molecule has 2 aliphatic heterocycles. The molecule has 2 aromatic heterocycles. The third kappa shape index (κ3) is 3.63. The van der Waals surface area contributed by atoms with Crippen molar-refractivity contribution in [2.45, 2.75) is 32.1 Å². The average Bonchev–Trinajstić information content (AvgIpc) is 3.59. The molecule has 1 fully saturated rings. The van der Waals surface area contributed by atoms with Gasteiger partial charge in [-0.25, -0.2) is 9.97 Å². The Balaban J connectivity index is 1.53. The van der Waals surface area contributed by atoms with E-state index < -0.39 is 0 Å². The summed E-state index contributed by atoms with van der Waals surface area (Å²) in [6.07, 6.45) is 11.7. The van der Waals surface area contributed by atoms with Crippen molar-refractivity contribution in [1.82, 2.24) is 24.3 Å². The fraction of sp³-hybridized carbons (Fsp3) is 0.440. The van der Waals surface area contributed by atoms with E-state index in [-0.39, 0.29) is 11.8 Å². The zero-order valence-corrected chi connectivity index (χ0v) is 19.1. The molecule has 4 heterocycles. The van der Waals surface area contributed by atoms with E-state index in [1.54, 1.807) is 4.90 Å². The second kappa shape index (κ2) is 8.50. The molecule has 0 spiro atoms. The monoisotopic (exact) mass is 446 g/mol. The number of allylic oxidation sites excluding steroid dienone is 2. The molecule has 2 aromatic rings. The van der Waals surface area contributed by atoms with Crippen molar-refractivity contribution in [3.63, 3.8) is 0 Å². The van der Waals surface area contributed by atoms with Crippen molar-refractivity contribution in [3.8, 4) is 0 Å². The van der Waals surface area contributed by atoms with Gasteiger partial charge in [0.05, 0.1) is 11.1 Å². The van der Waals surface area contributed by atoms with Crippen LogP contribution >= 0.6 is 0 Å². The van der Waals surface area contributed by atoms with Crippen LogP contribution in [0, 0.1) is 5.92 Å². The van der Waals surface area contributed by atoms with Crippen LogP contribution in [-0.4, -0.2) is 62.3 Å². The Morgan fingerprint density at radius 1 is 1.15 bits per heavy atom. The summed E-state index contributed by atoms with van der Waals surface area (Å²) >= 11 is 0. The molecule has 0 bridgehead atoms. The number of hydrogen-bond donors (Lipinski definition) is 1. The van der Waals surface area contributed by atoms with Gasteiger partial charge >= 0.3 is 0 Å². The molecule has 33 heavy (non-hydrogen) atoms. The van der Waals surface area contributed by atoms with E-state index in [1.165, 1.54) is 18.0 Å². The van der Waals surface area contributed by atoms with Crippen LogP contribution in [0.25, 0.3) is 22.2 Å². The van der Waals surface area contributed by atoms with Gasteiger partial charge in [-0.3, -0.25) is 9.59 Å². The van der Waals surface area contributed by atoms with Gasteiger partial charge in [-0.1, -0.05) is 18.7 Å². The van der Waals surface area contributed by atoms with Gasteiger partial charge in [0.2, 0.25) is 11.8 Å². The standard InChI is InChI=1S/C25H30N6O2/c1-3-19(32)31-13-10-18(14-31)22-20(21-23(26)27-15-28-24(21)29(22)2)16-6-8-17(9-7-16)25(33)30-11-4-5-12-30/h3,6,10,15,17H,1,4-5,7-9,11-14H2,2H3,(H2,26,27,28)/t17-/m1/s1. The second-order valence-corrected chi connectivity index (χ2v) is 9.13. The summed E-state index contributed by atoms with van der Waals surface area (Å²) in [6.45, 7) is 6.46. The van der Waals surface area contributed by atoms with Crippen molar-refractivity contribution in [2.24, 2.45) is 13.0 Å². The predicted octanol–water partition coefficient (Wildman–Crippen LogP) is 2.77. The van der Waals surface area contributed by atoms with Crippen LogP contribution in [0.3, 0.4) is 0 Å². The van der Waals surface area contributed by atoms with Crippen LogP contribution in [0.4, 0.5) is 5.82 Å². The van der Waals surface area contributed by atoms with E-state index >= 15 is 0 Å². The molecule has 1 saturated heterocycles. The highest BCUT2D eigenvalue weighted by atomic mass is 16.2. The lowest BCUT2D eigenvalue weighted by Gasteiger charge is -2.26. The molecule has 1 atom stereocenters. The van der Waals surface area contributed by atoms with Gasteiger partial charge in [-0.15, -0.1) is 0 Å². The Morgan fingerprint density at radius 2 is 1.94 bits per heavy atom. The number of nitrogens with two attached hydrogens (primary N) is 1. The molecule has 2 N–H and O–H groups in total. The Bertz CT molecular complexity index is 1200. The molecule has 5 rings (SSSR count). The first-order chi connectivity index (χ1) is 16.0. The molecule has 3 aliphatic rings. The highest BCUT2D eigenvalue weighted by Crippen LogP contribution is 2.42. The number of carbonyl (C=O) groups is 2. The number of carbonyl (C=O) groups excluding carboxylic acids is 2. The number of nitrogens with zero attached hydrogens (tertiary/aromatic N) is 5. The molecule has 0 unspecified atom stereocenters. The fourth-order valence-corrected chi connectivity index (χ4v) is 5.47. The molecule has 1 aliphatic carbocycles. The number of likely N-dealkylation sites (tertiary alicyclic amines) is 1. The van der Waals surface area contributed by atoms with Gasteiger partial charge in [-0.05, 0) is 49.3 Å². The van der Waals surface area contributed by atoms with E-state index in [0.717, 1.165) is 73.1 Å². The van der Waals surface area contributed by atoms with Gasteiger partial charge < -0.3 is 20.1 Å². The lowest BCUT2D eigenvalue weighted by molar-refractivity contribution is -0.134. The van der Waals surface area contributed by atoms with Gasteiger partial charge in [0.15, 0.2) is 0 Å². The van der Waals surface area contributed by atoms with Crippen LogP contribution in [0.2, 0.25) is 0 Å². The van der Waals surface area contributed by atoms with Crippen LogP contribution < -0.4 is 5.73 Å². The summed E-state index contributed by atoms with van der Waals surface area (Å²) in [7, 11) is 1.98. The predicted molar refractivity (Wildman–Crippen MR) is 129 cm³/mol. The Morgan fingerprint density at radius 3 is 2.64 bits per heavy atom. The number of nitrogen functional groups attached to an aromatic ring is 1. The molecule has 8 nitrogen and oxygen atoms in total. The molecule has 2 amide bonds. The Hall–Kier alpha value is -3.42. The molecular weight excluding hydrogens is 416 g/mol. The minimum Gasteiger partial charge on any atom is -0.383 e. The maximum atomic E-state index is 12.9. The van der Waals surface area contributed by atoms with E-state index in [9.17, 15) is 9.59 Å². The normalized spacial score (nSPS) is 20.8. The van der Waals surface area contributed by atoms with Crippen molar-refractivity contribution in [2.75, 3.05) is 31.9 Å². The summed E-state index contributed by atoms with van der Waals surface area (Å²) in [5.41, 5.74) is 11.4. The second-order valence-electron chi connectivity index (χ2n) is 9.13. The number of hydrogen-bond acceptors (Lipinski definition) is 5. The van der Waals surface area contributed by atoms with Crippen molar-refractivity contribution in [3.05, 3.63) is 42.4 Å². The quantitative estimate of drug-likeness (QED) is 0.729. The number of amides is 2. The fourth-order valence-electron chi connectivity index (χ4n) is 5.47. The number of anilines is 1. The highest BCUT2D eigenvalue weighted by Gasteiger charge is 2.32. The summed E-state index contributed by atoms with van der Waals surface area (Å²) < 4.78 is 2.05. The van der Waals surface area contributed by atoms with E-state index in [2.05, 4.69) is 33.3 Å². The van der Waals surface area contributed by atoms with Crippen LogP contribution in [0.5, 0.6) is 0 Å². The van der Waals surface area contributed by atoms with E-state index in [0.29, 0.717) is 24.8 Å². The van der Waals surface area contributed by atoms with Gasteiger partial charge in [0, 0.05) is 44.7 Å². The van der Waals surface area contributed by atoms with E-state index in [1.807, 2.05) is 11.9 Å². The number of fused-ring (bicyclic) bond motifs is 1. The minimum atomic E-state index is -0.0824. The molecule has 0 radical (unpaired) electrons. The zero-order chi connectivity index (χ0) is 23.1. The highest BCUT2D eigenvalue weighted by molar-refractivity contribution is 6.03. The summed E-state index contributed by atoms with van der Waals surface area (Å²) in [4.78, 5) is 37.7. The van der Waals surface area contributed by atoms with Crippen LogP contribution in [0.1, 0.15) is 43.4 Å². The van der Waals surface area contributed by atoms with E-state index in [4.69, 9.17) is 5.73 Å².